The van der Waals surface area contributed by atoms with Crippen molar-refractivity contribution in [2.45, 2.75) is 46.6 Å². The van der Waals surface area contributed by atoms with Crippen LogP contribution in [0.3, 0.4) is 0 Å². The second kappa shape index (κ2) is 6.86. The quantitative estimate of drug-likeness (QED) is 0.520. The van der Waals surface area contributed by atoms with Crippen LogP contribution in [0, 0.1) is 17.3 Å². The van der Waals surface area contributed by atoms with Gasteiger partial charge in [0.05, 0.1) is 0 Å². The highest BCUT2D eigenvalue weighted by Gasteiger charge is 2.22. The summed E-state index contributed by atoms with van der Waals surface area (Å²) < 4.78 is 0. The first-order valence-corrected chi connectivity index (χ1v) is 5.26. The van der Waals surface area contributed by atoms with Crippen molar-refractivity contribution >= 4 is 0 Å². The third-order valence-electron chi connectivity index (χ3n) is 2.28. The van der Waals surface area contributed by atoms with Crippen LogP contribution < -0.4 is 5.32 Å². The number of hydrogen-bond acceptors (Lipinski definition) is 2. The van der Waals surface area contributed by atoms with Gasteiger partial charge in [0.1, 0.15) is 0 Å². The Balaban J connectivity index is 3.89. The lowest BCUT2D eigenvalue weighted by atomic mass is 9.85. The third-order valence-corrected chi connectivity index (χ3v) is 2.28. The summed E-state index contributed by atoms with van der Waals surface area (Å²) in [7, 11) is 0. The average molecular weight is 197 g/mol. The van der Waals surface area contributed by atoms with Gasteiger partial charge in [-0.3, -0.25) is 0 Å². The normalized spacial score (nSPS) is 13.2. The molecule has 1 unspecified atom stereocenters. The van der Waals surface area contributed by atoms with Crippen LogP contribution in [0.15, 0.2) is 0 Å². The SMILES string of the molecule is CC#CCCNC(CCO)C(C)(C)C. The highest BCUT2D eigenvalue weighted by Crippen LogP contribution is 2.21. The van der Waals surface area contributed by atoms with Gasteiger partial charge >= 0.3 is 0 Å². The van der Waals surface area contributed by atoms with Crippen LogP contribution in [0.2, 0.25) is 0 Å². The molecular weight excluding hydrogens is 174 g/mol. The second-order valence-corrected chi connectivity index (χ2v) is 4.56. The lowest BCUT2D eigenvalue weighted by Gasteiger charge is -2.31. The molecule has 0 amide bonds. The van der Waals surface area contributed by atoms with Crippen molar-refractivity contribution in [3.8, 4) is 11.8 Å². The molecule has 0 aliphatic rings. The zero-order valence-corrected chi connectivity index (χ0v) is 9.85. The van der Waals surface area contributed by atoms with E-state index in [1.54, 1.807) is 0 Å². The topological polar surface area (TPSA) is 32.3 Å². The molecule has 2 N–H and O–H groups in total. The lowest BCUT2D eigenvalue weighted by molar-refractivity contribution is 0.198. The van der Waals surface area contributed by atoms with Gasteiger partial charge in [0, 0.05) is 25.6 Å². The molecule has 0 bridgehead atoms. The van der Waals surface area contributed by atoms with Crippen LogP contribution in [0.1, 0.15) is 40.5 Å². The molecule has 0 saturated heterocycles. The van der Waals surface area contributed by atoms with Crippen LogP contribution in [0.4, 0.5) is 0 Å². The molecule has 0 heterocycles. The van der Waals surface area contributed by atoms with Crippen LogP contribution >= 0.6 is 0 Å². The summed E-state index contributed by atoms with van der Waals surface area (Å²) in [5.74, 6) is 5.89. The van der Waals surface area contributed by atoms with E-state index in [1.165, 1.54) is 0 Å². The van der Waals surface area contributed by atoms with Gasteiger partial charge in [-0.05, 0) is 18.8 Å². The Morgan fingerprint density at radius 2 is 2.00 bits per heavy atom. The van der Waals surface area contributed by atoms with Gasteiger partial charge in [-0.25, -0.2) is 0 Å². The molecule has 0 fully saturated rings. The summed E-state index contributed by atoms with van der Waals surface area (Å²) in [5.41, 5.74) is 0.197. The minimum atomic E-state index is 0.197. The Morgan fingerprint density at radius 3 is 2.43 bits per heavy atom. The highest BCUT2D eigenvalue weighted by atomic mass is 16.3. The Kier molecular flexibility index (Phi) is 6.61. The van der Waals surface area contributed by atoms with Crippen LogP contribution in [-0.4, -0.2) is 24.3 Å². The Morgan fingerprint density at radius 1 is 1.36 bits per heavy atom. The van der Waals surface area contributed by atoms with E-state index in [0.29, 0.717) is 6.04 Å². The Hall–Kier alpha value is -0.520. The largest absolute Gasteiger partial charge is 0.396 e. The summed E-state index contributed by atoms with van der Waals surface area (Å²) in [6.45, 7) is 9.57. The number of hydrogen-bond donors (Lipinski definition) is 2. The molecule has 0 saturated carbocycles. The van der Waals surface area contributed by atoms with Crippen molar-refractivity contribution in [1.29, 1.82) is 0 Å². The van der Waals surface area contributed by atoms with Crippen molar-refractivity contribution in [3.63, 3.8) is 0 Å². The summed E-state index contributed by atoms with van der Waals surface area (Å²) in [5, 5.41) is 12.4. The number of aliphatic hydroxyl groups excluding tert-OH is 1. The van der Waals surface area contributed by atoms with Crippen LogP contribution in [0.25, 0.3) is 0 Å². The molecule has 82 valence electrons. The van der Waals surface area contributed by atoms with E-state index in [4.69, 9.17) is 5.11 Å². The maximum Gasteiger partial charge on any atom is 0.0446 e. The molecule has 0 aromatic rings. The van der Waals surface area contributed by atoms with Crippen LogP contribution in [0.5, 0.6) is 0 Å². The van der Waals surface area contributed by atoms with E-state index >= 15 is 0 Å². The smallest absolute Gasteiger partial charge is 0.0446 e. The predicted octanol–water partition coefficient (Wildman–Crippen LogP) is 1.79. The highest BCUT2D eigenvalue weighted by molar-refractivity contribution is 4.95. The van der Waals surface area contributed by atoms with Gasteiger partial charge in [-0.2, -0.15) is 0 Å². The summed E-state index contributed by atoms with van der Waals surface area (Å²) in [4.78, 5) is 0. The predicted molar refractivity (Wildman–Crippen MR) is 61.0 cm³/mol. The summed E-state index contributed by atoms with van der Waals surface area (Å²) in [6.07, 6.45) is 1.69. The van der Waals surface area contributed by atoms with Crippen molar-refractivity contribution < 1.29 is 5.11 Å². The van der Waals surface area contributed by atoms with Crippen molar-refractivity contribution in [1.82, 2.24) is 5.32 Å². The Bertz CT molecular complexity index is 195. The molecule has 0 aliphatic carbocycles. The van der Waals surface area contributed by atoms with Gasteiger partial charge in [0.25, 0.3) is 0 Å². The molecule has 0 aromatic heterocycles. The summed E-state index contributed by atoms with van der Waals surface area (Å²) in [6, 6.07) is 0.367. The number of aliphatic hydroxyl groups is 1. The van der Waals surface area contributed by atoms with Gasteiger partial charge in [-0.1, -0.05) is 20.8 Å². The molecule has 1 atom stereocenters. The average Bonchev–Trinajstić information content (AvgIpc) is 2.08. The van der Waals surface area contributed by atoms with E-state index in [2.05, 4.69) is 37.9 Å². The number of rotatable bonds is 5. The molecular formula is C12H23NO. The standard InChI is InChI=1S/C12H23NO/c1-5-6-7-9-13-11(8-10-14)12(2,3)4/h11,13-14H,7-10H2,1-4H3. The van der Waals surface area contributed by atoms with E-state index in [9.17, 15) is 0 Å². The van der Waals surface area contributed by atoms with Crippen molar-refractivity contribution in [2.75, 3.05) is 13.2 Å². The van der Waals surface area contributed by atoms with Gasteiger partial charge < -0.3 is 10.4 Å². The molecule has 0 radical (unpaired) electrons. The monoisotopic (exact) mass is 197 g/mol. The maximum absolute atomic E-state index is 8.93. The zero-order valence-electron chi connectivity index (χ0n) is 9.85. The van der Waals surface area contributed by atoms with E-state index in [-0.39, 0.29) is 12.0 Å². The molecule has 2 heteroatoms. The molecule has 14 heavy (non-hydrogen) atoms. The summed E-state index contributed by atoms with van der Waals surface area (Å²) >= 11 is 0. The number of nitrogens with one attached hydrogen (secondary N) is 1. The fourth-order valence-corrected chi connectivity index (χ4v) is 1.40. The fourth-order valence-electron chi connectivity index (χ4n) is 1.40. The van der Waals surface area contributed by atoms with E-state index in [0.717, 1.165) is 19.4 Å². The lowest BCUT2D eigenvalue weighted by Crippen LogP contribution is -2.41. The van der Waals surface area contributed by atoms with E-state index < -0.39 is 0 Å². The van der Waals surface area contributed by atoms with Crippen LogP contribution in [-0.2, 0) is 0 Å². The first-order valence-electron chi connectivity index (χ1n) is 5.26. The van der Waals surface area contributed by atoms with E-state index in [1.807, 2.05) is 6.92 Å². The first kappa shape index (κ1) is 13.5. The molecule has 2 nitrogen and oxygen atoms in total. The molecule has 0 aliphatic heterocycles. The molecule has 0 rings (SSSR count). The van der Waals surface area contributed by atoms with Gasteiger partial charge in [0.15, 0.2) is 0 Å². The Labute approximate surface area is 88.1 Å². The van der Waals surface area contributed by atoms with Crippen molar-refractivity contribution in [3.05, 3.63) is 0 Å². The molecule has 0 aromatic carbocycles. The van der Waals surface area contributed by atoms with Crippen molar-refractivity contribution in [2.24, 2.45) is 5.41 Å². The fraction of sp³-hybridized carbons (Fsp3) is 0.833. The second-order valence-electron chi connectivity index (χ2n) is 4.56. The third kappa shape index (κ3) is 6.01. The first-order chi connectivity index (χ1) is 6.52. The van der Waals surface area contributed by atoms with Gasteiger partial charge in [0.2, 0.25) is 0 Å². The minimum Gasteiger partial charge on any atom is -0.396 e. The van der Waals surface area contributed by atoms with Gasteiger partial charge in [-0.15, -0.1) is 11.8 Å². The minimum absolute atomic E-state index is 0.197. The molecule has 0 spiro atoms. The maximum atomic E-state index is 8.93. The zero-order chi connectivity index (χ0) is 11.0.